The van der Waals surface area contributed by atoms with Gasteiger partial charge in [0.1, 0.15) is 0 Å². The maximum absolute atomic E-state index is 11.7. The van der Waals surface area contributed by atoms with Gasteiger partial charge >= 0.3 is 0 Å². The number of anilines is 3. The number of thiophene rings is 1. The van der Waals surface area contributed by atoms with Crippen LogP contribution in [0.2, 0.25) is 0 Å². The molecule has 9 heteroatoms. The number of primary amides is 1. The molecule has 2 aromatic heterocycles. The van der Waals surface area contributed by atoms with Gasteiger partial charge in [0.15, 0.2) is 11.5 Å². The molecule has 1 aliphatic rings. The highest BCUT2D eigenvalue weighted by atomic mass is 32.1. The number of hydrogen-bond acceptors (Lipinski definition) is 8. The molecule has 8 nitrogen and oxygen atoms in total. The SMILES string of the molecule is NC(=O)c1nnc(N[C@H]2CCNC2)nc1Nc1cccc2sccc12. The van der Waals surface area contributed by atoms with Crippen LogP contribution in [0.4, 0.5) is 17.5 Å². The van der Waals surface area contributed by atoms with E-state index < -0.39 is 5.91 Å². The Bertz CT molecular complexity index is 920. The van der Waals surface area contributed by atoms with Crippen molar-refractivity contribution < 1.29 is 4.79 Å². The van der Waals surface area contributed by atoms with Crippen LogP contribution in [0.5, 0.6) is 0 Å². The highest BCUT2D eigenvalue weighted by Crippen LogP contribution is 2.30. The maximum Gasteiger partial charge on any atom is 0.273 e. The van der Waals surface area contributed by atoms with Crippen LogP contribution in [-0.4, -0.2) is 40.2 Å². The van der Waals surface area contributed by atoms with Crippen LogP contribution in [0.25, 0.3) is 10.1 Å². The third-order valence-corrected chi connectivity index (χ3v) is 4.94. The fourth-order valence-electron chi connectivity index (χ4n) is 2.83. The lowest BCUT2D eigenvalue weighted by atomic mass is 10.2. The number of benzene rings is 1. The largest absolute Gasteiger partial charge is 0.364 e. The second-order valence-electron chi connectivity index (χ2n) is 5.79. The summed E-state index contributed by atoms with van der Waals surface area (Å²) in [5, 5.41) is 20.7. The first kappa shape index (κ1) is 15.7. The molecule has 1 aromatic carbocycles. The molecule has 3 aromatic rings. The summed E-state index contributed by atoms with van der Waals surface area (Å²) in [6.07, 6.45) is 0.984. The Labute approximate surface area is 147 Å². The molecule has 1 aliphatic heterocycles. The second-order valence-corrected chi connectivity index (χ2v) is 6.74. The molecule has 5 N–H and O–H groups in total. The van der Waals surface area contributed by atoms with Gasteiger partial charge in [-0.2, -0.15) is 4.98 Å². The van der Waals surface area contributed by atoms with E-state index in [2.05, 4.69) is 31.1 Å². The van der Waals surface area contributed by atoms with Crippen molar-refractivity contribution in [2.75, 3.05) is 23.7 Å². The molecule has 0 aliphatic carbocycles. The molecule has 1 fully saturated rings. The lowest BCUT2D eigenvalue weighted by Gasteiger charge is -2.13. The highest BCUT2D eigenvalue weighted by Gasteiger charge is 2.19. The van der Waals surface area contributed by atoms with Crippen LogP contribution < -0.4 is 21.7 Å². The van der Waals surface area contributed by atoms with Crippen LogP contribution >= 0.6 is 11.3 Å². The molecule has 0 bridgehead atoms. The number of fused-ring (bicyclic) bond motifs is 1. The maximum atomic E-state index is 11.7. The molecule has 1 saturated heterocycles. The Morgan fingerprint density at radius 3 is 3.04 bits per heavy atom. The van der Waals surface area contributed by atoms with Gasteiger partial charge in [0.2, 0.25) is 5.95 Å². The molecule has 25 heavy (non-hydrogen) atoms. The molecule has 3 heterocycles. The predicted octanol–water partition coefficient (Wildman–Crippen LogP) is 1.70. The normalized spacial score (nSPS) is 16.9. The van der Waals surface area contributed by atoms with Gasteiger partial charge in [0, 0.05) is 28.4 Å². The van der Waals surface area contributed by atoms with Gasteiger partial charge in [-0.25, -0.2) is 0 Å². The first-order valence-corrected chi connectivity index (χ1v) is 8.84. The van der Waals surface area contributed by atoms with Gasteiger partial charge < -0.3 is 21.7 Å². The fourth-order valence-corrected chi connectivity index (χ4v) is 3.64. The summed E-state index contributed by atoms with van der Waals surface area (Å²) in [4.78, 5) is 16.1. The van der Waals surface area contributed by atoms with Crippen molar-refractivity contribution in [3.63, 3.8) is 0 Å². The first-order valence-electron chi connectivity index (χ1n) is 7.96. The summed E-state index contributed by atoms with van der Waals surface area (Å²) in [7, 11) is 0. The van der Waals surface area contributed by atoms with Crippen molar-refractivity contribution in [2.45, 2.75) is 12.5 Å². The highest BCUT2D eigenvalue weighted by molar-refractivity contribution is 7.17. The second kappa shape index (κ2) is 6.61. The van der Waals surface area contributed by atoms with Crippen molar-refractivity contribution in [2.24, 2.45) is 5.73 Å². The van der Waals surface area contributed by atoms with Crippen molar-refractivity contribution in [1.29, 1.82) is 0 Å². The molecule has 4 rings (SSSR count). The number of nitrogens with zero attached hydrogens (tertiary/aromatic N) is 3. The molecule has 0 saturated carbocycles. The van der Waals surface area contributed by atoms with Crippen molar-refractivity contribution in [3.8, 4) is 0 Å². The third-order valence-electron chi connectivity index (χ3n) is 4.06. The van der Waals surface area contributed by atoms with Crippen molar-refractivity contribution in [1.82, 2.24) is 20.5 Å². The van der Waals surface area contributed by atoms with Crippen LogP contribution in [0.3, 0.4) is 0 Å². The zero-order valence-electron chi connectivity index (χ0n) is 13.3. The molecule has 1 atom stereocenters. The standard InChI is InChI=1S/C16H17N7OS/c17-14(24)13-15(20-11-2-1-3-12-10(11)5-7-25-12)21-16(23-22-13)19-9-4-6-18-8-9/h1-3,5,7,9,18H,4,6,8H2,(H2,17,24)(H2,19,20,21,23)/t9-/m0/s1. The number of aromatic nitrogens is 3. The van der Waals surface area contributed by atoms with E-state index in [1.54, 1.807) is 11.3 Å². The minimum atomic E-state index is -0.672. The fraction of sp³-hybridized carbons (Fsp3) is 0.250. The Morgan fingerprint density at radius 1 is 1.32 bits per heavy atom. The minimum Gasteiger partial charge on any atom is -0.364 e. The summed E-state index contributed by atoms with van der Waals surface area (Å²) in [5.41, 5.74) is 6.28. The molecule has 1 amide bonds. The Hall–Kier alpha value is -2.78. The van der Waals surface area contributed by atoms with Gasteiger partial charge in [-0.05, 0) is 36.5 Å². The summed E-state index contributed by atoms with van der Waals surface area (Å²) < 4.78 is 1.14. The van der Waals surface area contributed by atoms with E-state index >= 15 is 0 Å². The molecule has 0 unspecified atom stereocenters. The molecule has 0 spiro atoms. The van der Waals surface area contributed by atoms with Crippen molar-refractivity contribution in [3.05, 3.63) is 35.3 Å². The van der Waals surface area contributed by atoms with E-state index in [4.69, 9.17) is 5.73 Å². The number of carbonyl (C=O) groups is 1. The number of amides is 1. The zero-order valence-corrected chi connectivity index (χ0v) is 14.1. The Balaban J connectivity index is 1.68. The predicted molar refractivity (Wildman–Crippen MR) is 98.4 cm³/mol. The number of rotatable bonds is 5. The van der Waals surface area contributed by atoms with Gasteiger partial charge in [-0.3, -0.25) is 4.79 Å². The third kappa shape index (κ3) is 3.24. The van der Waals surface area contributed by atoms with Gasteiger partial charge in [-0.15, -0.1) is 21.5 Å². The summed E-state index contributed by atoms with van der Waals surface area (Å²) in [6, 6.07) is 8.18. The topological polar surface area (TPSA) is 118 Å². The van der Waals surface area contributed by atoms with Gasteiger partial charge in [0.05, 0.1) is 0 Å². The molecule has 0 radical (unpaired) electrons. The summed E-state index contributed by atoms with van der Waals surface area (Å²) >= 11 is 1.65. The van der Waals surface area contributed by atoms with Crippen LogP contribution in [0.1, 0.15) is 16.9 Å². The summed E-state index contributed by atoms with van der Waals surface area (Å²) in [5.74, 6) is 0.00225. The van der Waals surface area contributed by atoms with Crippen LogP contribution in [-0.2, 0) is 0 Å². The first-order chi connectivity index (χ1) is 12.2. The van der Waals surface area contributed by atoms with Gasteiger partial charge in [-0.1, -0.05) is 6.07 Å². The Morgan fingerprint density at radius 2 is 2.24 bits per heavy atom. The number of hydrogen-bond donors (Lipinski definition) is 4. The monoisotopic (exact) mass is 355 g/mol. The van der Waals surface area contributed by atoms with E-state index in [1.807, 2.05) is 29.6 Å². The quantitative estimate of drug-likeness (QED) is 0.550. The van der Waals surface area contributed by atoms with E-state index in [-0.39, 0.29) is 11.7 Å². The molecule has 128 valence electrons. The van der Waals surface area contributed by atoms with E-state index in [1.165, 1.54) is 0 Å². The molecular formula is C16H17N7OS. The Kier molecular flexibility index (Phi) is 4.16. The zero-order chi connectivity index (χ0) is 17.2. The summed E-state index contributed by atoms with van der Waals surface area (Å²) in [6.45, 7) is 1.80. The number of nitrogens with two attached hydrogens (primary N) is 1. The van der Waals surface area contributed by atoms with E-state index in [0.717, 1.165) is 35.3 Å². The number of nitrogens with one attached hydrogen (secondary N) is 3. The smallest absolute Gasteiger partial charge is 0.273 e. The number of carbonyl (C=O) groups excluding carboxylic acids is 1. The lowest BCUT2D eigenvalue weighted by molar-refractivity contribution is 0.0995. The van der Waals surface area contributed by atoms with Crippen LogP contribution in [0, 0.1) is 0 Å². The molecular weight excluding hydrogens is 338 g/mol. The minimum absolute atomic E-state index is 0.0160. The van der Waals surface area contributed by atoms with E-state index in [0.29, 0.717) is 11.8 Å². The van der Waals surface area contributed by atoms with E-state index in [9.17, 15) is 4.79 Å². The van der Waals surface area contributed by atoms with Crippen LogP contribution in [0.15, 0.2) is 29.6 Å². The average molecular weight is 355 g/mol. The van der Waals surface area contributed by atoms with Crippen molar-refractivity contribution >= 4 is 44.8 Å². The van der Waals surface area contributed by atoms with Gasteiger partial charge in [0.25, 0.3) is 5.91 Å². The lowest BCUT2D eigenvalue weighted by Crippen LogP contribution is -2.25. The average Bonchev–Trinajstić information content (AvgIpc) is 3.26.